The average molecular weight is 246 g/mol. The quantitative estimate of drug-likeness (QED) is 0.472. The van der Waals surface area contributed by atoms with E-state index in [1.807, 2.05) is 27.7 Å². The van der Waals surface area contributed by atoms with Crippen molar-refractivity contribution in [2.24, 2.45) is 0 Å². The minimum Gasteiger partial charge on any atom is -0.369 e. The first-order chi connectivity index (χ1) is 8.16. The van der Waals surface area contributed by atoms with E-state index in [-0.39, 0.29) is 18.6 Å². The number of ether oxygens (including phenoxy) is 1. The molecule has 5 nitrogen and oxygen atoms in total. The van der Waals surface area contributed by atoms with E-state index in [4.69, 9.17) is 4.74 Å². The largest absolute Gasteiger partial charge is 0.369 e. The van der Waals surface area contributed by atoms with Gasteiger partial charge < -0.3 is 15.4 Å². The first-order valence-electron chi connectivity index (χ1n) is 6.22. The number of carbonyl (C=O) groups is 2. The van der Waals surface area contributed by atoms with Gasteiger partial charge in [0.05, 0.1) is 6.10 Å². The molecule has 2 amide bonds. The molecule has 0 radical (unpaired) electrons. The Labute approximate surface area is 104 Å². The molecule has 0 spiro atoms. The molecule has 17 heavy (non-hydrogen) atoms. The molecule has 0 unspecified atom stereocenters. The van der Waals surface area contributed by atoms with Crippen LogP contribution in [0, 0.1) is 0 Å². The van der Waals surface area contributed by atoms with E-state index in [1.165, 1.54) is 0 Å². The summed E-state index contributed by atoms with van der Waals surface area (Å²) in [7, 11) is 0. The highest BCUT2D eigenvalue weighted by molar-refractivity contribution is 5.77. The summed E-state index contributed by atoms with van der Waals surface area (Å²) in [5, 5.41) is 5.29. The van der Waals surface area contributed by atoms with Crippen molar-refractivity contribution in [1.29, 1.82) is 0 Å². The number of hydrogen-bond donors (Lipinski definition) is 2. The first-order valence-corrected chi connectivity index (χ1v) is 6.22. The summed E-state index contributed by atoms with van der Waals surface area (Å²) in [6, 6.07) is 0. The predicted octanol–water partition coefficient (Wildman–Crippen LogP) is 1.08. The average Bonchev–Trinajstić information content (AvgIpc) is 2.33. The summed E-state index contributed by atoms with van der Waals surface area (Å²) in [6.07, 6.45) is 2.47. The third kappa shape index (κ3) is 17.5. The summed E-state index contributed by atoms with van der Waals surface area (Å²) in [6.45, 7) is 9.17. The van der Waals surface area contributed by atoms with Crippen molar-refractivity contribution in [3.63, 3.8) is 0 Å². The number of rotatable bonds is 9. The van der Waals surface area contributed by atoms with Crippen LogP contribution in [0.2, 0.25) is 0 Å². The highest BCUT2D eigenvalue weighted by Crippen LogP contribution is 1.87. The van der Waals surface area contributed by atoms with Crippen LogP contribution in [0.1, 0.15) is 40.5 Å². The third-order valence-electron chi connectivity index (χ3n) is 1.70. The van der Waals surface area contributed by atoms with Gasteiger partial charge in [0, 0.05) is 13.1 Å². The van der Waals surface area contributed by atoms with Gasteiger partial charge in [-0.1, -0.05) is 13.8 Å². The maximum Gasteiger partial charge on any atom is 0.246 e. The number of carbonyl (C=O) groups excluding carboxylic acids is 2. The van der Waals surface area contributed by atoms with Gasteiger partial charge in [-0.15, -0.1) is 0 Å². The fourth-order valence-corrected chi connectivity index (χ4v) is 0.932. The summed E-state index contributed by atoms with van der Waals surface area (Å²) in [5.74, 6) is -0.0907. The minimum atomic E-state index is -0.0907. The molecule has 0 saturated carbocycles. The molecule has 0 aromatic carbocycles. The zero-order valence-corrected chi connectivity index (χ0v) is 11.4. The lowest BCUT2D eigenvalue weighted by molar-refractivity contribution is -0.127. The van der Waals surface area contributed by atoms with Gasteiger partial charge in [-0.25, -0.2) is 0 Å². The van der Waals surface area contributed by atoms with Crippen molar-refractivity contribution in [1.82, 2.24) is 10.6 Å². The standard InChI is InChI=1S/C10H20N2O3.C2H6/c1-9(2)15-7-10(14)12-6-4-3-5-11-8-13;1-2/h8-9H,3-7H2,1-2H3,(H,11,13)(H,12,14);1-2H3. The van der Waals surface area contributed by atoms with Crippen LogP contribution in [-0.4, -0.2) is 38.1 Å². The summed E-state index contributed by atoms with van der Waals surface area (Å²) >= 11 is 0. The molecule has 102 valence electrons. The Hall–Kier alpha value is -1.10. The molecule has 0 saturated heterocycles. The highest BCUT2D eigenvalue weighted by atomic mass is 16.5. The van der Waals surface area contributed by atoms with Crippen LogP contribution in [0.4, 0.5) is 0 Å². The van der Waals surface area contributed by atoms with Gasteiger partial charge in [-0.3, -0.25) is 9.59 Å². The van der Waals surface area contributed by atoms with E-state index in [2.05, 4.69) is 10.6 Å². The van der Waals surface area contributed by atoms with E-state index >= 15 is 0 Å². The second-order valence-electron chi connectivity index (χ2n) is 3.49. The van der Waals surface area contributed by atoms with Crippen LogP contribution >= 0.6 is 0 Å². The molecule has 0 atom stereocenters. The summed E-state index contributed by atoms with van der Waals surface area (Å²) < 4.78 is 5.13. The molecule has 0 aromatic heterocycles. The van der Waals surface area contributed by atoms with Gasteiger partial charge in [0.1, 0.15) is 6.61 Å². The molecule has 0 rings (SSSR count). The fourth-order valence-electron chi connectivity index (χ4n) is 0.932. The van der Waals surface area contributed by atoms with E-state index in [0.29, 0.717) is 19.5 Å². The van der Waals surface area contributed by atoms with E-state index < -0.39 is 0 Å². The first kappa shape index (κ1) is 18.3. The van der Waals surface area contributed by atoms with Gasteiger partial charge in [0.25, 0.3) is 0 Å². The Morgan fingerprint density at radius 2 is 1.82 bits per heavy atom. The third-order valence-corrected chi connectivity index (χ3v) is 1.70. The SMILES string of the molecule is CC.CC(C)OCC(=O)NCCCCNC=O. The molecule has 0 aliphatic rings. The lowest BCUT2D eigenvalue weighted by atomic mass is 10.3. The van der Waals surface area contributed by atoms with Crippen molar-refractivity contribution in [2.45, 2.75) is 46.6 Å². The predicted molar refractivity (Wildman–Crippen MR) is 68.7 cm³/mol. The zero-order valence-electron chi connectivity index (χ0n) is 11.4. The van der Waals surface area contributed by atoms with Crippen LogP contribution in [0.3, 0.4) is 0 Å². The van der Waals surface area contributed by atoms with Crippen LogP contribution in [0.15, 0.2) is 0 Å². The fraction of sp³-hybridized carbons (Fsp3) is 0.833. The van der Waals surface area contributed by atoms with Crippen LogP contribution in [-0.2, 0) is 14.3 Å². The molecular formula is C12H26N2O3. The smallest absolute Gasteiger partial charge is 0.246 e. The normalized spacial score (nSPS) is 9.24. The Morgan fingerprint density at radius 1 is 1.24 bits per heavy atom. The van der Waals surface area contributed by atoms with Crippen molar-refractivity contribution in [2.75, 3.05) is 19.7 Å². The number of unbranched alkanes of at least 4 members (excludes halogenated alkanes) is 1. The molecular weight excluding hydrogens is 220 g/mol. The van der Waals surface area contributed by atoms with Gasteiger partial charge in [-0.05, 0) is 26.7 Å². The van der Waals surface area contributed by atoms with E-state index in [9.17, 15) is 9.59 Å². The van der Waals surface area contributed by atoms with Crippen LogP contribution in [0.5, 0.6) is 0 Å². The Balaban J connectivity index is 0. The molecule has 0 heterocycles. The number of amides is 2. The lowest BCUT2D eigenvalue weighted by Gasteiger charge is -2.08. The van der Waals surface area contributed by atoms with Gasteiger partial charge in [-0.2, -0.15) is 0 Å². The van der Waals surface area contributed by atoms with Crippen molar-refractivity contribution >= 4 is 12.3 Å². The number of nitrogens with one attached hydrogen (secondary N) is 2. The van der Waals surface area contributed by atoms with E-state index in [1.54, 1.807) is 0 Å². The molecule has 5 heteroatoms. The maximum absolute atomic E-state index is 11.1. The maximum atomic E-state index is 11.1. The van der Waals surface area contributed by atoms with Gasteiger partial charge in [0.2, 0.25) is 12.3 Å². The Morgan fingerprint density at radius 3 is 2.35 bits per heavy atom. The molecule has 0 fully saturated rings. The van der Waals surface area contributed by atoms with Gasteiger partial charge >= 0.3 is 0 Å². The minimum absolute atomic E-state index is 0.0764. The second kappa shape index (κ2) is 14.9. The molecule has 0 bridgehead atoms. The van der Waals surface area contributed by atoms with Gasteiger partial charge in [0.15, 0.2) is 0 Å². The summed E-state index contributed by atoms with van der Waals surface area (Å²) in [5.41, 5.74) is 0. The monoisotopic (exact) mass is 246 g/mol. The molecule has 0 aliphatic carbocycles. The van der Waals surface area contributed by atoms with Crippen LogP contribution < -0.4 is 10.6 Å². The number of hydrogen-bond acceptors (Lipinski definition) is 3. The Bertz CT molecular complexity index is 185. The Kier molecular flexibility index (Phi) is 16.0. The lowest BCUT2D eigenvalue weighted by Crippen LogP contribution is -2.30. The van der Waals surface area contributed by atoms with Crippen molar-refractivity contribution in [3.8, 4) is 0 Å². The van der Waals surface area contributed by atoms with Crippen molar-refractivity contribution < 1.29 is 14.3 Å². The molecule has 0 aliphatic heterocycles. The molecule has 0 aromatic rings. The molecule has 2 N–H and O–H groups in total. The van der Waals surface area contributed by atoms with E-state index in [0.717, 1.165) is 12.8 Å². The topological polar surface area (TPSA) is 67.4 Å². The second-order valence-corrected chi connectivity index (χ2v) is 3.49. The summed E-state index contributed by atoms with van der Waals surface area (Å²) in [4.78, 5) is 21.0. The van der Waals surface area contributed by atoms with Crippen LogP contribution in [0.25, 0.3) is 0 Å². The highest BCUT2D eigenvalue weighted by Gasteiger charge is 2.01. The zero-order chi connectivity index (χ0) is 13.5. The van der Waals surface area contributed by atoms with Crippen molar-refractivity contribution in [3.05, 3.63) is 0 Å².